The lowest BCUT2D eigenvalue weighted by Crippen LogP contribution is -2.63. The highest BCUT2D eigenvalue weighted by atomic mass is 16.7. The van der Waals surface area contributed by atoms with Crippen LogP contribution in [0.2, 0.25) is 0 Å². The summed E-state index contributed by atoms with van der Waals surface area (Å²) in [5.74, 6) is -2.53. The van der Waals surface area contributed by atoms with Crippen molar-refractivity contribution in [1.82, 2.24) is 0 Å². The molecule has 21 heavy (non-hydrogen) atoms. The fraction of sp³-hybridized carbons (Fsp3) is 0.538. The molecule has 1 aromatic carbocycles. The Morgan fingerprint density at radius 2 is 1.90 bits per heavy atom. The molecule has 6 N–H and O–H groups in total. The van der Waals surface area contributed by atoms with E-state index in [0.29, 0.717) is 0 Å². The Balaban J connectivity index is 2.44. The van der Waals surface area contributed by atoms with Gasteiger partial charge in [0.2, 0.25) is 5.79 Å². The zero-order valence-corrected chi connectivity index (χ0v) is 11.2. The average molecular weight is 302 g/mol. The van der Waals surface area contributed by atoms with Crippen LogP contribution in [0.3, 0.4) is 0 Å². The summed E-state index contributed by atoms with van der Waals surface area (Å²) < 4.78 is 10.1. The van der Waals surface area contributed by atoms with Crippen LogP contribution >= 0.6 is 0 Å². The number of aliphatic hydroxyl groups is 5. The van der Waals surface area contributed by atoms with Crippen LogP contribution in [0.4, 0.5) is 0 Å². The van der Waals surface area contributed by atoms with Crippen LogP contribution in [0.25, 0.3) is 0 Å². The van der Waals surface area contributed by atoms with Crippen LogP contribution in [0.15, 0.2) is 18.2 Å². The van der Waals surface area contributed by atoms with Gasteiger partial charge >= 0.3 is 0 Å². The van der Waals surface area contributed by atoms with Gasteiger partial charge in [-0.3, -0.25) is 0 Å². The molecule has 8 nitrogen and oxygen atoms in total. The second-order valence-corrected chi connectivity index (χ2v) is 4.85. The molecule has 1 heterocycles. The first-order chi connectivity index (χ1) is 9.85. The van der Waals surface area contributed by atoms with Gasteiger partial charge in [0.15, 0.2) is 11.5 Å². The van der Waals surface area contributed by atoms with Crippen molar-refractivity contribution in [2.45, 2.75) is 30.2 Å². The molecule has 118 valence electrons. The highest BCUT2D eigenvalue weighted by molar-refractivity contribution is 5.43. The molecule has 0 unspecified atom stereocenters. The lowest BCUT2D eigenvalue weighted by atomic mass is 9.88. The van der Waals surface area contributed by atoms with Crippen LogP contribution in [0, 0.1) is 0 Å². The van der Waals surface area contributed by atoms with Crippen molar-refractivity contribution in [3.05, 3.63) is 23.8 Å². The molecule has 0 bridgehead atoms. The Hall–Kier alpha value is -1.42. The minimum atomic E-state index is -2.37. The standard InChI is InChI=1S/C13H18O8/c1-20-8-4-6(2-3-7(8)15)13(19)12(18)11(17)10(16)9(5-14)21-13/h2-4,9-12,14-19H,5H2,1H3/t9-,10-,11+,12-,13-/m1/s1. The molecular weight excluding hydrogens is 284 g/mol. The number of ether oxygens (including phenoxy) is 2. The Labute approximate surface area is 120 Å². The Morgan fingerprint density at radius 3 is 2.48 bits per heavy atom. The third kappa shape index (κ3) is 2.57. The fourth-order valence-corrected chi connectivity index (χ4v) is 2.29. The predicted octanol–water partition coefficient (Wildman–Crippen LogP) is -1.98. The third-order valence-corrected chi connectivity index (χ3v) is 3.56. The highest BCUT2D eigenvalue weighted by Gasteiger charge is 2.53. The summed E-state index contributed by atoms with van der Waals surface area (Å²) in [5, 5.41) is 58.6. The van der Waals surface area contributed by atoms with Gasteiger partial charge in [-0.25, -0.2) is 0 Å². The molecule has 1 fully saturated rings. The van der Waals surface area contributed by atoms with E-state index < -0.39 is 36.8 Å². The second-order valence-electron chi connectivity index (χ2n) is 4.85. The van der Waals surface area contributed by atoms with E-state index in [0.717, 1.165) is 0 Å². The lowest BCUT2D eigenvalue weighted by molar-refractivity contribution is -0.357. The van der Waals surface area contributed by atoms with E-state index in [9.17, 15) is 25.5 Å². The van der Waals surface area contributed by atoms with E-state index >= 15 is 0 Å². The van der Waals surface area contributed by atoms with Crippen LogP contribution in [-0.2, 0) is 10.5 Å². The van der Waals surface area contributed by atoms with Crippen molar-refractivity contribution < 1.29 is 40.1 Å². The summed E-state index contributed by atoms with van der Waals surface area (Å²) in [5.41, 5.74) is -0.00551. The third-order valence-electron chi connectivity index (χ3n) is 3.56. The average Bonchev–Trinajstić information content (AvgIpc) is 2.49. The maximum absolute atomic E-state index is 10.5. The molecule has 0 spiro atoms. The summed E-state index contributed by atoms with van der Waals surface area (Å²) in [6.45, 7) is -0.664. The molecule has 1 aliphatic rings. The number of aliphatic hydroxyl groups excluding tert-OH is 4. The lowest BCUT2D eigenvalue weighted by Gasteiger charge is -2.45. The number of aromatic hydroxyl groups is 1. The molecule has 1 aromatic rings. The van der Waals surface area contributed by atoms with Crippen molar-refractivity contribution in [2.24, 2.45) is 0 Å². The predicted molar refractivity (Wildman–Crippen MR) is 68.5 cm³/mol. The van der Waals surface area contributed by atoms with Gasteiger partial charge in [0, 0.05) is 5.56 Å². The van der Waals surface area contributed by atoms with E-state index in [1.54, 1.807) is 0 Å². The van der Waals surface area contributed by atoms with Crippen molar-refractivity contribution in [1.29, 1.82) is 0 Å². The van der Waals surface area contributed by atoms with Gasteiger partial charge in [-0.2, -0.15) is 0 Å². The van der Waals surface area contributed by atoms with Crippen molar-refractivity contribution in [2.75, 3.05) is 13.7 Å². The van der Waals surface area contributed by atoms with Gasteiger partial charge < -0.3 is 40.1 Å². The number of phenolic OH excluding ortho intramolecular Hbond substituents is 1. The van der Waals surface area contributed by atoms with Crippen LogP contribution in [-0.4, -0.2) is 68.8 Å². The van der Waals surface area contributed by atoms with Crippen molar-refractivity contribution in [3.8, 4) is 11.5 Å². The molecular formula is C13H18O8. The van der Waals surface area contributed by atoms with Gasteiger partial charge in [0.25, 0.3) is 0 Å². The molecule has 5 atom stereocenters. The van der Waals surface area contributed by atoms with Crippen LogP contribution in [0.5, 0.6) is 11.5 Å². The molecule has 1 saturated heterocycles. The molecule has 0 amide bonds. The molecule has 0 saturated carbocycles. The smallest absolute Gasteiger partial charge is 0.222 e. The number of hydrogen-bond donors (Lipinski definition) is 6. The molecule has 0 aliphatic carbocycles. The number of benzene rings is 1. The zero-order valence-electron chi connectivity index (χ0n) is 11.2. The minimum Gasteiger partial charge on any atom is -0.504 e. The maximum atomic E-state index is 10.5. The first kappa shape index (κ1) is 16.0. The molecule has 0 radical (unpaired) electrons. The summed E-state index contributed by atoms with van der Waals surface area (Å²) in [4.78, 5) is 0. The van der Waals surface area contributed by atoms with Gasteiger partial charge in [-0.1, -0.05) is 0 Å². The summed E-state index contributed by atoms with van der Waals surface area (Å²) in [7, 11) is 1.30. The summed E-state index contributed by atoms with van der Waals surface area (Å²) in [6, 6.07) is 3.70. The topological polar surface area (TPSA) is 140 Å². The second kappa shape index (κ2) is 5.76. The van der Waals surface area contributed by atoms with E-state index in [1.165, 1.54) is 25.3 Å². The fourth-order valence-electron chi connectivity index (χ4n) is 2.29. The highest BCUT2D eigenvalue weighted by Crippen LogP contribution is 2.39. The van der Waals surface area contributed by atoms with Gasteiger partial charge in [-0.05, 0) is 18.2 Å². The van der Waals surface area contributed by atoms with Crippen molar-refractivity contribution >= 4 is 0 Å². The quantitative estimate of drug-likeness (QED) is 0.377. The SMILES string of the molecule is COc1cc([C@@]2(O)O[C@H](CO)[C@@H](O)[C@H](O)[C@H]2O)ccc1O. The molecule has 0 aromatic heterocycles. The van der Waals surface area contributed by atoms with Crippen LogP contribution < -0.4 is 4.74 Å². The maximum Gasteiger partial charge on any atom is 0.222 e. The summed E-state index contributed by atoms with van der Waals surface area (Å²) in [6.07, 6.45) is -6.41. The minimum absolute atomic E-state index is 0.00551. The van der Waals surface area contributed by atoms with E-state index in [-0.39, 0.29) is 17.1 Å². The number of rotatable bonds is 3. The molecule has 2 rings (SSSR count). The summed E-state index contributed by atoms with van der Waals surface area (Å²) >= 11 is 0. The molecule has 1 aliphatic heterocycles. The van der Waals surface area contributed by atoms with Gasteiger partial charge in [0.05, 0.1) is 13.7 Å². The van der Waals surface area contributed by atoms with E-state index in [1.807, 2.05) is 0 Å². The van der Waals surface area contributed by atoms with Crippen molar-refractivity contribution in [3.63, 3.8) is 0 Å². The largest absolute Gasteiger partial charge is 0.504 e. The van der Waals surface area contributed by atoms with Crippen LogP contribution in [0.1, 0.15) is 5.56 Å². The number of methoxy groups -OCH3 is 1. The first-order valence-electron chi connectivity index (χ1n) is 6.28. The number of phenols is 1. The van der Waals surface area contributed by atoms with Gasteiger partial charge in [-0.15, -0.1) is 0 Å². The molecule has 8 heteroatoms. The normalized spacial score (nSPS) is 36.5. The van der Waals surface area contributed by atoms with Gasteiger partial charge in [0.1, 0.15) is 24.4 Å². The first-order valence-corrected chi connectivity index (χ1v) is 6.28. The van der Waals surface area contributed by atoms with E-state index in [2.05, 4.69) is 0 Å². The zero-order chi connectivity index (χ0) is 15.8. The number of hydrogen-bond acceptors (Lipinski definition) is 8. The Morgan fingerprint density at radius 1 is 1.24 bits per heavy atom. The Kier molecular flexibility index (Phi) is 4.38. The Bertz CT molecular complexity index is 505. The van der Waals surface area contributed by atoms with E-state index in [4.69, 9.17) is 14.6 Å². The monoisotopic (exact) mass is 302 g/mol.